The number of nitrogens with one attached hydrogen (secondary N) is 1. The average Bonchev–Trinajstić information content (AvgIpc) is 3.03. The smallest absolute Gasteiger partial charge is 0.326 e. The fourth-order valence-corrected chi connectivity index (χ4v) is 4.23. The number of aliphatic carboxylic acids is 1. The van der Waals surface area contributed by atoms with Crippen LogP contribution >= 0.6 is 0 Å². The molecule has 1 atom stereocenters. The second-order valence-electron chi connectivity index (χ2n) is 6.01. The summed E-state index contributed by atoms with van der Waals surface area (Å²) in [6.45, 7) is 1.96. The van der Waals surface area contributed by atoms with Gasteiger partial charge in [0.1, 0.15) is 6.04 Å². The minimum absolute atomic E-state index is 0.0242. The normalized spacial score (nSPS) is 14.7. The van der Waals surface area contributed by atoms with Crippen LogP contribution < -0.4 is 9.62 Å². The minimum Gasteiger partial charge on any atom is -0.480 e. The van der Waals surface area contributed by atoms with Crippen molar-refractivity contribution in [2.24, 2.45) is 0 Å². The number of carbonyl (C=O) groups is 2. The van der Waals surface area contributed by atoms with Gasteiger partial charge in [0, 0.05) is 19.2 Å². The maximum atomic E-state index is 12.7. The second-order valence-corrected chi connectivity index (χ2v) is 7.73. The molecule has 8 heteroatoms. The topological polar surface area (TPSA) is 104 Å². The largest absolute Gasteiger partial charge is 0.480 e. The first-order valence-electron chi connectivity index (χ1n) is 8.01. The van der Waals surface area contributed by atoms with E-state index in [1.165, 1.54) is 19.1 Å². The third-order valence-electron chi connectivity index (χ3n) is 4.29. The van der Waals surface area contributed by atoms with Gasteiger partial charge in [-0.05, 0) is 35.7 Å². The van der Waals surface area contributed by atoms with Gasteiger partial charge in [-0.25, -0.2) is 8.42 Å². The summed E-state index contributed by atoms with van der Waals surface area (Å²) < 4.78 is 27.6. The third kappa shape index (κ3) is 3.47. The lowest BCUT2D eigenvalue weighted by molar-refractivity contribution is -0.139. The van der Waals surface area contributed by atoms with E-state index in [9.17, 15) is 23.1 Å². The van der Waals surface area contributed by atoms with Crippen LogP contribution in [0.3, 0.4) is 0 Å². The molecule has 0 radical (unpaired) electrons. The number of rotatable bonds is 5. The third-order valence-corrected chi connectivity index (χ3v) is 5.71. The van der Waals surface area contributed by atoms with Crippen LogP contribution in [0.25, 0.3) is 0 Å². The number of hydrogen-bond acceptors (Lipinski definition) is 4. The molecule has 0 bridgehead atoms. The predicted octanol–water partition coefficient (Wildman–Crippen LogP) is 1.70. The Kier molecular flexibility index (Phi) is 4.80. The van der Waals surface area contributed by atoms with Gasteiger partial charge in [-0.3, -0.25) is 9.59 Å². The fourth-order valence-electron chi connectivity index (χ4n) is 3.00. The monoisotopic (exact) mass is 374 g/mol. The highest BCUT2D eigenvalue weighted by atomic mass is 32.2. The van der Waals surface area contributed by atoms with Crippen LogP contribution in [-0.4, -0.2) is 31.9 Å². The first kappa shape index (κ1) is 18.1. The summed E-state index contributed by atoms with van der Waals surface area (Å²) in [5, 5.41) is 9.42. The summed E-state index contributed by atoms with van der Waals surface area (Å²) in [6, 6.07) is 11.2. The molecule has 0 unspecified atom stereocenters. The standard InChI is InChI=1S/C18H18N2O5S/c1-12(21)20-10-9-14-11-15(7-8-16(14)20)26(24,25)19-17(18(22)23)13-5-3-2-4-6-13/h2-8,11,17,19H,9-10H2,1H3,(H,22,23)/t17-/m0/s1. The molecule has 0 saturated carbocycles. The SMILES string of the molecule is CC(=O)N1CCc2cc(S(=O)(=O)N[C@H](C(=O)O)c3ccccc3)ccc21. The van der Waals surface area contributed by atoms with E-state index in [1.807, 2.05) is 0 Å². The fraction of sp³-hybridized carbons (Fsp3) is 0.222. The number of benzene rings is 2. The molecular weight excluding hydrogens is 356 g/mol. The Balaban J connectivity index is 1.91. The van der Waals surface area contributed by atoms with Gasteiger partial charge in [-0.2, -0.15) is 4.72 Å². The van der Waals surface area contributed by atoms with E-state index in [-0.39, 0.29) is 10.8 Å². The number of carboxylic acid groups (broad SMARTS) is 1. The van der Waals surface area contributed by atoms with Gasteiger partial charge < -0.3 is 10.0 Å². The molecule has 2 N–H and O–H groups in total. The van der Waals surface area contributed by atoms with E-state index in [4.69, 9.17) is 0 Å². The van der Waals surface area contributed by atoms with Gasteiger partial charge in [0.05, 0.1) is 4.90 Å². The summed E-state index contributed by atoms with van der Waals surface area (Å²) in [4.78, 5) is 24.7. The zero-order valence-electron chi connectivity index (χ0n) is 14.0. The molecule has 0 aliphatic carbocycles. The molecule has 0 aromatic heterocycles. The van der Waals surface area contributed by atoms with E-state index in [1.54, 1.807) is 41.3 Å². The maximum Gasteiger partial charge on any atom is 0.326 e. The molecule has 0 saturated heterocycles. The van der Waals surface area contributed by atoms with Crippen LogP contribution in [0.4, 0.5) is 5.69 Å². The molecule has 2 aromatic rings. The highest BCUT2D eigenvalue weighted by molar-refractivity contribution is 7.89. The summed E-state index contributed by atoms with van der Waals surface area (Å²) in [7, 11) is -4.05. The van der Waals surface area contributed by atoms with E-state index >= 15 is 0 Å². The molecule has 26 heavy (non-hydrogen) atoms. The number of fused-ring (bicyclic) bond motifs is 1. The van der Waals surface area contributed by atoms with Crippen molar-refractivity contribution in [3.63, 3.8) is 0 Å². The molecule has 136 valence electrons. The molecule has 0 fully saturated rings. The van der Waals surface area contributed by atoms with Crippen molar-refractivity contribution in [3.05, 3.63) is 59.7 Å². The Morgan fingerprint density at radius 3 is 2.46 bits per heavy atom. The van der Waals surface area contributed by atoms with Crippen molar-refractivity contribution in [2.75, 3.05) is 11.4 Å². The Morgan fingerprint density at radius 1 is 1.15 bits per heavy atom. The first-order valence-corrected chi connectivity index (χ1v) is 9.49. The van der Waals surface area contributed by atoms with Gasteiger partial charge in [-0.1, -0.05) is 30.3 Å². The van der Waals surface area contributed by atoms with Crippen LogP contribution in [0.15, 0.2) is 53.4 Å². The lowest BCUT2D eigenvalue weighted by Crippen LogP contribution is -2.33. The highest BCUT2D eigenvalue weighted by Gasteiger charge is 2.29. The summed E-state index contributed by atoms with van der Waals surface area (Å²) in [5.41, 5.74) is 1.77. The number of amides is 1. The number of anilines is 1. The predicted molar refractivity (Wildman–Crippen MR) is 95.3 cm³/mol. The summed E-state index contributed by atoms with van der Waals surface area (Å²) >= 11 is 0. The Labute approximate surface area is 151 Å². The van der Waals surface area contributed by atoms with Crippen molar-refractivity contribution in [2.45, 2.75) is 24.3 Å². The van der Waals surface area contributed by atoms with Crippen molar-refractivity contribution in [1.29, 1.82) is 0 Å². The Morgan fingerprint density at radius 2 is 1.85 bits per heavy atom. The molecule has 1 aliphatic heterocycles. The van der Waals surface area contributed by atoms with Gasteiger partial charge in [0.2, 0.25) is 15.9 Å². The van der Waals surface area contributed by atoms with Crippen molar-refractivity contribution in [1.82, 2.24) is 4.72 Å². The first-order chi connectivity index (χ1) is 12.3. The Hall–Kier alpha value is -2.71. The van der Waals surface area contributed by atoms with Crippen LogP contribution in [0, 0.1) is 0 Å². The van der Waals surface area contributed by atoms with E-state index < -0.39 is 22.0 Å². The zero-order chi connectivity index (χ0) is 18.9. The van der Waals surface area contributed by atoms with Crippen LogP contribution in [0.2, 0.25) is 0 Å². The molecule has 1 heterocycles. The van der Waals surface area contributed by atoms with Crippen molar-refractivity contribution < 1.29 is 23.1 Å². The molecule has 2 aromatic carbocycles. The van der Waals surface area contributed by atoms with Gasteiger partial charge in [-0.15, -0.1) is 0 Å². The molecule has 1 aliphatic rings. The van der Waals surface area contributed by atoms with Crippen molar-refractivity contribution >= 4 is 27.6 Å². The molecule has 3 rings (SSSR count). The summed E-state index contributed by atoms with van der Waals surface area (Å²) in [6.07, 6.45) is 0.555. The van der Waals surface area contributed by atoms with Gasteiger partial charge in [0.25, 0.3) is 0 Å². The number of sulfonamides is 1. The van der Waals surface area contributed by atoms with E-state index in [0.29, 0.717) is 24.2 Å². The molecule has 7 nitrogen and oxygen atoms in total. The highest BCUT2D eigenvalue weighted by Crippen LogP contribution is 2.30. The Bertz CT molecular complexity index is 957. The van der Waals surface area contributed by atoms with Crippen molar-refractivity contribution in [3.8, 4) is 0 Å². The molecular formula is C18H18N2O5S. The maximum absolute atomic E-state index is 12.7. The van der Waals surface area contributed by atoms with Gasteiger partial charge in [0.15, 0.2) is 0 Å². The molecule has 0 spiro atoms. The van der Waals surface area contributed by atoms with E-state index in [0.717, 1.165) is 5.56 Å². The lowest BCUT2D eigenvalue weighted by Gasteiger charge is -2.17. The number of hydrogen-bond donors (Lipinski definition) is 2. The number of nitrogens with zero attached hydrogens (tertiary/aromatic N) is 1. The zero-order valence-corrected chi connectivity index (χ0v) is 14.9. The van der Waals surface area contributed by atoms with Crippen LogP contribution in [-0.2, 0) is 26.0 Å². The minimum atomic E-state index is -4.05. The number of carbonyl (C=O) groups excluding carboxylic acids is 1. The second kappa shape index (κ2) is 6.89. The molecule has 1 amide bonds. The van der Waals surface area contributed by atoms with E-state index in [2.05, 4.69) is 4.72 Å². The van der Waals surface area contributed by atoms with Crippen LogP contribution in [0.1, 0.15) is 24.1 Å². The quantitative estimate of drug-likeness (QED) is 0.829. The summed E-state index contributed by atoms with van der Waals surface area (Å²) in [5.74, 6) is -1.39. The lowest BCUT2D eigenvalue weighted by atomic mass is 10.1. The average molecular weight is 374 g/mol. The number of carboxylic acids is 1. The van der Waals surface area contributed by atoms with Gasteiger partial charge >= 0.3 is 5.97 Å². The van der Waals surface area contributed by atoms with Crippen LogP contribution in [0.5, 0.6) is 0 Å².